The van der Waals surface area contributed by atoms with Gasteiger partial charge in [-0.15, -0.1) is 0 Å². The maximum absolute atomic E-state index is 13.0. The van der Waals surface area contributed by atoms with Crippen molar-refractivity contribution in [2.24, 2.45) is 0 Å². The Morgan fingerprint density at radius 1 is 1.35 bits per heavy atom. The van der Waals surface area contributed by atoms with Crippen LogP contribution in [-0.2, 0) is 19.1 Å². The van der Waals surface area contributed by atoms with Crippen molar-refractivity contribution in [1.29, 1.82) is 0 Å². The van der Waals surface area contributed by atoms with E-state index in [2.05, 4.69) is 15.9 Å². The number of nitrogens with zero attached hydrogens (tertiary/aromatic N) is 2. The van der Waals surface area contributed by atoms with Crippen LogP contribution in [0.3, 0.4) is 0 Å². The number of ether oxygens (including phenoxy) is 1. The number of fused-ring (bicyclic) bond motifs is 1. The number of carbonyl (C=O) groups is 3. The molecule has 136 valence electrons. The zero-order valence-electron chi connectivity index (χ0n) is 14.2. The minimum Gasteiger partial charge on any atom is -0.467 e. The number of halogens is 1. The number of benzene rings is 1. The van der Waals surface area contributed by atoms with Crippen LogP contribution in [0, 0.1) is 0 Å². The van der Waals surface area contributed by atoms with Crippen molar-refractivity contribution < 1.29 is 19.1 Å². The largest absolute Gasteiger partial charge is 0.467 e. The number of anilines is 1. The van der Waals surface area contributed by atoms with E-state index in [-0.39, 0.29) is 15.1 Å². The predicted octanol–water partition coefficient (Wildman–Crippen LogP) is 2.95. The second kappa shape index (κ2) is 7.13. The minimum absolute atomic E-state index is 0.231. The van der Waals surface area contributed by atoms with Gasteiger partial charge in [-0.1, -0.05) is 39.9 Å². The molecule has 0 saturated carbocycles. The van der Waals surface area contributed by atoms with E-state index in [1.807, 2.05) is 25.1 Å². The van der Waals surface area contributed by atoms with Gasteiger partial charge in [0.05, 0.1) is 23.3 Å². The highest BCUT2D eigenvalue weighted by molar-refractivity contribution is 9.10. The van der Waals surface area contributed by atoms with E-state index < -0.39 is 17.9 Å². The molecule has 0 radical (unpaired) electrons. The third-order valence-electron chi connectivity index (χ3n) is 4.25. The number of methoxy groups -OCH3 is 1. The maximum Gasteiger partial charge on any atom is 0.328 e. The van der Waals surface area contributed by atoms with Crippen LogP contribution in [0.2, 0.25) is 0 Å². The van der Waals surface area contributed by atoms with Crippen LogP contribution in [0.1, 0.15) is 19.4 Å². The molecule has 3 rings (SSSR count). The first-order valence-electron chi connectivity index (χ1n) is 7.81. The topological polar surface area (TPSA) is 66.9 Å². The van der Waals surface area contributed by atoms with Gasteiger partial charge in [-0.25, -0.2) is 4.79 Å². The summed E-state index contributed by atoms with van der Waals surface area (Å²) >= 11 is 9.74. The Labute approximate surface area is 168 Å². The summed E-state index contributed by atoms with van der Waals surface area (Å²) in [7, 11) is 1.25. The summed E-state index contributed by atoms with van der Waals surface area (Å²) in [6, 6.07) is 4.65. The van der Waals surface area contributed by atoms with Gasteiger partial charge in [-0.05, 0) is 32.0 Å². The number of thiocarbonyl (C=S) groups is 1. The molecular weight excluding hydrogens is 440 g/mol. The number of esters is 1. The van der Waals surface area contributed by atoms with Crippen LogP contribution in [0.4, 0.5) is 5.69 Å². The van der Waals surface area contributed by atoms with Gasteiger partial charge in [0.2, 0.25) is 0 Å². The van der Waals surface area contributed by atoms with Gasteiger partial charge in [0.25, 0.3) is 11.8 Å². The summed E-state index contributed by atoms with van der Waals surface area (Å²) in [5.41, 5.74) is 1.75. The van der Waals surface area contributed by atoms with Gasteiger partial charge in [-0.2, -0.15) is 0 Å². The number of carbonyl (C=O) groups excluding carboxylic acids is 3. The molecule has 0 spiro atoms. The third-order valence-corrected chi connectivity index (χ3v) is 6.14. The molecule has 1 aromatic carbocycles. The summed E-state index contributed by atoms with van der Waals surface area (Å²) in [5.74, 6) is -1.26. The molecule has 2 amide bonds. The summed E-state index contributed by atoms with van der Waals surface area (Å²) in [6.45, 7) is 3.90. The molecule has 0 aromatic heterocycles. The summed E-state index contributed by atoms with van der Waals surface area (Å²) in [5, 5.41) is 0. The molecule has 1 unspecified atom stereocenters. The van der Waals surface area contributed by atoms with E-state index in [4.69, 9.17) is 17.0 Å². The lowest BCUT2D eigenvalue weighted by molar-refractivity contribution is -0.147. The Balaban J connectivity index is 2.13. The Hall–Kier alpha value is -1.71. The average Bonchev–Trinajstić information content (AvgIpc) is 3.05. The number of hydrogen-bond donors (Lipinski definition) is 0. The molecule has 1 fully saturated rings. The lowest BCUT2D eigenvalue weighted by Crippen LogP contribution is -2.42. The zero-order valence-corrected chi connectivity index (χ0v) is 17.5. The summed E-state index contributed by atoms with van der Waals surface area (Å²) in [4.78, 5) is 40.8. The van der Waals surface area contributed by atoms with Crippen molar-refractivity contribution in [3.63, 3.8) is 0 Å². The lowest BCUT2D eigenvalue weighted by atomic mass is 10.1. The minimum atomic E-state index is -0.855. The van der Waals surface area contributed by atoms with E-state index in [0.29, 0.717) is 17.7 Å². The van der Waals surface area contributed by atoms with Crippen molar-refractivity contribution in [1.82, 2.24) is 4.90 Å². The SMILES string of the molecule is CCN1C(=O)C(=C2SC(=S)N(C(C)C(=O)OC)C2=O)c2cc(Br)ccc21. The molecule has 1 aromatic rings. The molecule has 9 heteroatoms. The maximum atomic E-state index is 13.0. The molecule has 2 aliphatic heterocycles. The number of rotatable bonds is 3. The van der Waals surface area contributed by atoms with Crippen molar-refractivity contribution in [3.05, 3.63) is 33.1 Å². The van der Waals surface area contributed by atoms with Crippen molar-refractivity contribution >= 4 is 73.3 Å². The van der Waals surface area contributed by atoms with Crippen molar-refractivity contribution in [2.45, 2.75) is 19.9 Å². The fourth-order valence-corrected chi connectivity index (χ4v) is 4.83. The highest BCUT2D eigenvalue weighted by Crippen LogP contribution is 2.45. The fourth-order valence-electron chi connectivity index (χ4n) is 2.98. The summed E-state index contributed by atoms with van der Waals surface area (Å²) < 4.78 is 5.75. The normalized spacial score (nSPS) is 20.7. The van der Waals surface area contributed by atoms with Crippen molar-refractivity contribution in [3.8, 4) is 0 Å². The Morgan fingerprint density at radius 2 is 2.04 bits per heavy atom. The first kappa shape index (κ1) is 19.1. The number of thioether (sulfide) groups is 1. The molecule has 0 bridgehead atoms. The highest BCUT2D eigenvalue weighted by atomic mass is 79.9. The van der Waals surface area contributed by atoms with Crippen LogP contribution < -0.4 is 4.90 Å². The molecule has 26 heavy (non-hydrogen) atoms. The van der Waals surface area contributed by atoms with E-state index in [0.717, 1.165) is 21.9 Å². The molecule has 0 N–H and O–H groups in total. The van der Waals surface area contributed by atoms with Crippen LogP contribution in [0.15, 0.2) is 27.6 Å². The number of hydrogen-bond acceptors (Lipinski definition) is 6. The van der Waals surface area contributed by atoms with Crippen LogP contribution in [-0.4, -0.2) is 46.7 Å². The fraction of sp³-hybridized carbons (Fsp3) is 0.294. The zero-order chi connectivity index (χ0) is 19.2. The average molecular weight is 455 g/mol. The molecular formula is C17H15BrN2O4S2. The lowest BCUT2D eigenvalue weighted by Gasteiger charge is -2.20. The monoisotopic (exact) mass is 454 g/mol. The first-order chi connectivity index (χ1) is 12.3. The van der Waals surface area contributed by atoms with E-state index in [1.165, 1.54) is 12.0 Å². The molecule has 2 aliphatic rings. The Morgan fingerprint density at radius 3 is 2.65 bits per heavy atom. The standard InChI is InChI=1S/C17H15BrN2O4S2/c1-4-19-11-6-5-9(18)7-10(11)12(14(19)21)13-15(22)20(17(25)26-13)8(2)16(23)24-3/h5-8H,4H2,1-3H3. The van der Waals surface area contributed by atoms with Crippen LogP contribution >= 0.6 is 39.9 Å². The van der Waals surface area contributed by atoms with E-state index in [9.17, 15) is 14.4 Å². The van der Waals surface area contributed by atoms with Gasteiger partial charge in [0.1, 0.15) is 10.4 Å². The van der Waals surface area contributed by atoms with Gasteiger partial charge < -0.3 is 9.64 Å². The third kappa shape index (κ3) is 2.87. The van der Waals surface area contributed by atoms with E-state index in [1.54, 1.807) is 11.8 Å². The molecule has 1 atom stereocenters. The summed E-state index contributed by atoms with van der Waals surface area (Å²) in [6.07, 6.45) is 0. The second-order valence-electron chi connectivity index (χ2n) is 5.66. The van der Waals surface area contributed by atoms with E-state index >= 15 is 0 Å². The van der Waals surface area contributed by atoms with Gasteiger partial charge in [0.15, 0.2) is 0 Å². The number of amides is 2. The predicted molar refractivity (Wildman–Crippen MR) is 108 cm³/mol. The van der Waals surface area contributed by atoms with Gasteiger partial charge in [0, 0.05) is 16.6 Å². The molecule has 1 saturated heterocycles. The Bertz CT molecular complexity index is 884. The molecule has 2 heterocycles. The van der Waals surface area contributed by atoms with Gasteiger partial charge >= 0.3 is 5.97 Å². The quantitative estimate of drug-likeness (QED) is 0.397. The first-order valence-corrected chi connectivity index (χ1v) is 9.82. The molecule has 0 aliphatic carbocycles. The Kier molecular flexibility index (Phi) is 5.23. The smallest absolute Gasteiger partial charge is 0.328 e. The molecule has 6 nitrogen and oxygen atoms in total. The van der Waals surface area contributed by atoms with Gasteiger partial charge in [-0.3, -0.25) is 14.5 Å². The highest BCUT2D eigenvalue weighted by Gasteiger charge is 2.44. The van der Waals surface area contributed by atoms with Crippen molar-refractivity contribution in [2.75, 3.05) is 18.6 Å². The van der Waals surface area contributed by atoms with Crippen LogP contribution in [0.25, 0.3) is 5.57 Å². The van der Waals surface area contributed by atoms with Crippen LogP contribution in [0.5, 0.6) is 0 Å². The second-order valence-corrected chi connectivity index (χ2v) is 8.22. The number of likely N-dealkylation sites (N-methyl/N-ethyl adjacent to an activating group) is 1.